The third kappa shape index (κ3) is 3.41. The van der Waals surface area contributed by atoms with E-state index in [0.717, 1.165) is 35.8 Å². The molecule has 0 bridgehead atoms. The van der Waals surface area contributed by atoms with Gasteiger partial charge in [0.05, 0.1) is 15.9 Å². The van der Waals surface area contributed by atoms with Crippen LogP contribution in [0.2, 0.25) is 0 Å². The van der Waals surface area contributed by atoms with Crippen LogP contribution in [0.1, 0.15) is 58.3 Å². The molecule has 0 saturated heterocycles. The monoisotopic (exact) mass is 354 g/mol. The number of aryl methyl sites for hydroxylation is 2. The molecular formula is C17H27BrN2O. The Balaban J connectivity index is 2.21. The molecule has 0 N–H and O–H groups in total. The molecule has 2 atom stereocenters. The Kier molecular flexibility index (Phi) is 4.96. The average molecular weight is 355 g/mol. The van der Waals surface area contributed by atoms with E-state index in [1.54, 1.807) is 0 Å². The van der Waals surface area contributed by atoms with E-state index in [0.29, 0.717) is 11.7 Å². The van der Waals surface area contributed by atoms with Crippen molar-refractivity contribution in [1.82, 2.24) is 9.78 Å². The molecule has 1 saturated carbocycles. The number of Topliss-reactive ketones (excluding diaryl/α,β-unsaturated/α-hetero) is 1. The summed E-state index contributed by atoms with van der Waals surface area (Å²) >= 11 is 3.70. The van der Waals surface area contributed by atoms with Crippen LogP contribution in [-0.4, -0.2) is 15.6 Å². The van der Waals surface area contributed by atoms with Gasteiger partial charge in [-0.25, -0.2) is 0 Å². The number of hydrogen-bond acceptors (Lipinski definition) is 2. The molecule has 1 fully saturated rings. The van der Waals surface area contributed by atoms with Crippen LogP contribution in [0.3, 0.4) is 0 Å². The van der Waals surface area contributed by atoms with Crippen LogP contribution in [0.4, 0.5) is 0 Å². The summed E-state index contributed by atoms with van der Waals surface area (Å²) < 4.78 is 3.10. The predicted molar refractivity (Wildman–Crippen MR) is 89.3 cm³/mol. The first-order chi connectivity index (χ1) is 9.76. The Morgan fingerprint density at radius 3 is 2.57 bits per heavy atom. The molecule has 1 heterocycles. The van der Waals surface area contributed by atoms with Crippen molar-refractivity contribution in [3.05, 3.63) is 15.9 Å². The van der Waals surface area contributed by atoms with E-state index in [2.05, 4.69) is 48.7 Å². The predicted octanol–water partition coefficient (Wildman–Crippen LogP) is 4.32. The van der Waals surface area contributed by atoms with Crippen molar-refractivity contribution >= 4 is 21.7 Å². The molecule has 1 aliphatic rings. The fourth-order valence-corrected chi connectivity index (χ4v) is 4.35. The number of halogens is 1. The molecule has 0 spiro atoms. The molecule has 2 unspecified atom stereocenters. The van der Waals surface area contributed by atoms with E-state index in [1.165, 1.54) is 12.1 Å². The normalized spacial score (nSPS) is 23.6. The van der Waals surface area contributed by atoms with Gasteiger partial charge in [-0.1, -0.05) is 27.7 Å². The van der Waals surface area contributed by atoms with E-state index in [-0.39, 0.29) is 11.3 Å². The summed E-state index contributed by atoms with van der Waals surface area (Å²) in [5, 5.41) is 4.57. The molecule has 4 heteroatoms. The van der Waals surface area contributed by atoms with Gasteiger partial charge in [0.15, 0.2) is 0 Å². The first-order valence-corrected chi connectivity index (χ1v) is 8.78. The number of hydrogen-bond donors (Lipinski definition) is 0. The zero-order valence-electron chi connectivity index (χ0n) is 13.9. The minimum Gasteiger partial charge on any atom is -0.299 e. The van der Waals surface area contributed by atoms with Gasteiger partial charge in [0, 0.05) is 19.4 Å². The summed E-state index contributed by atoms with van der Waals surface area (Å²) in [4.78, 5) is 12.4. The molecule has 118 valence electrons. The van der Waals surface area contributed by atoms with E-state index in [4.69, 9.17) is 0 Å². The third-order valence-electron chi connectivity index (χ3n) is 4.96. The van der Waals surface area contributed by atoms with E-state index in [1.807, 2.05) is 11.7 Å². The lowest BCUT2D eigenvalue weighted by Gasteiger charge is -2.37. The van der Waals surface area contributed by atoms with Crippen LogP contribution in [0.5, 0.6) is 0 Å². The maximum absolute atomic E-state index is 12.4. The molecular weight excluding hydrogens is 328 g/mol. The lowest BCUT2D eigenvalue weighted by Crippen LogP contribution is -2.37. The van der Waals surface area contributed by atoms with Crippen molar-refractivity contribution in [2.24, 2.45) is 24.3 Å². The number of aromatic nitrogens is 2. The van der Waals surface area contributed by atoms with Crippen molar-refractivity contribution in [3.8, 4) is 0 Å². The fraction of sp³-hybridized carbons (Fsp3) is 0.765. The summed E-state index contributed by atoms with van der Waals surface area (Å²) in [6, 6.07) is 0. The second-order valence-corrected chi connectivity index (χ2v) is 8.05. The van der Waals surface area contributed by atoms with Crippen LogP contribution in [-0.2, 0) is 24.7 Å². The molecule has 1 aromatic heterocycles. The minimum atomic E-state index is -0.0153. The van der Waals surface area contributed by atoms with Crippen LogP contribution < -0.4 is 0 Å². The zero-order valence-corrected chi connectivity index (χ0v) is 15.5. The zero-order chi connectivity index (χ0) is 15.8. The lowest BCUT2D eigenvalue weighted by molar-refractivity contribution is -0.129. The highest BCUT2D eigenvalue weighted by atomic mass is 79.9. The maximum Gasteiger partial charge on any atom is 0.136 e. The molecule has 1 aromatic rings. The Hall–Kier alpha value is -0.640. The van der Waals surface area contributed by atoms with E-state index < -0.39 is 0 Å². The highest BCUT2D eigenvalue weighted by Crippen LogP contribution is 2.41. The van der Waals surface area contributed by atoms with Crippen molar-refractivity contribution in [1.29, 1.82) is 0 Å². The number of nitrogens with zero attached hydrogens (tertiary/aromatic N) is 2. The molecule has 0 aliphatic heterocycles. The standard InChI is InChI=1S/C17H27BrN2O/c1-6-13-16(18)14(20(5)19-13)10-17(3,4)12-8-7-11(2)9-15(12)21/h11-12H,6-10H2,1-5H3. The maximum atomic E-state index is 12.4. The Bertz CT molecular complexity index is 533. The minimum absolute atomic E-state index is 0.0153. The summed E-state index contributed by atoms with van der Waals surface area (Å²) in [6.45, 7) is 8.77. The average Bonchev–Trinajstić information content (AvgIpc) is 2.65. The topological polar surface area (TPSA) is 34.9 Å². The van der Waals surface area contributed by atoms with Gasteiger partial charge in [-0.05, 0) is 52.9 Å². The van der Waals surface area contributed by atoms with Gasteiger partial charge in [0.25, 0.3) is 0 Å². The van der Waals surface area contributed by atoms with E-state index in [9.17, 15) is 4.79 Å². The van der Waals surface area contributed by atoms with Gasteiger partial charge in [0.2, 0.25) is 0 Å². The molecule has 0 amide bonds. The summed E-state index contributed by atoms with van der Waals surface area (Å²) in [7, 11) is 2.00. The molecule has 3 nitrogen and oxygen atoms in total. The quantitative estimate of drug-likeness (QED) is 0.806. The molecule has 2 rings (SSSR count). The Morgan fingerprint density at radius 2 is 2.05 bits per heavy atom. The largest absolute Gasteiger partial charge is 0.299 e. The van der Waals surface area contributed by atoms with Gasteiger partial charge < -0.3 is 0 Å². The smallest absolute Gasteiger partial charge is 0.136 e. The van der Waals surface area contributed by atoms with Crippen molar-refractivity contribution < 1.29 is 4.79 Å². The lowest BCUT2D eigenvalue weighted by atomic mass is 9.66. The fourth-order valence-electron chi connectivity index (χ4n) is 3.59. The highest BCUT2D eigenvalue weighted by molar-refractivity contribution is 9.10. The van der Waals surface area contributed by atoms with E-state index >= 15 is 0 Å². The number of rotatable bonds is 4. The van der Waals surface area contributed by atoms with Crippen LogP contribution in [0.15, 0.2) is 4.47 Å². The van der Waals surface area contributed by atoms with Gasteiger partial charge in [-0.2, -0.15) is 5.10 Å². The van der Waals surface area contributed by atoms with Crippen molar-refractivity contribution in [2.75, 3.05) is 0 Å². The Morgan fingerprint density at radius 1 is 1.38 bits per heavy atom. The first kappa shape index (κ1) is 16.7. The van der Waals surface area contributed by atoms with Gasteiger partial charge in [0.1, 0.15) is 5.78 Å². The second kappa shape index (κ2) is 6.23. The molecule has 21 heavy (non-hydrogen) atoms. The second-order valence-electron chi connectivity index (χ2n) is 7.26. The van der Waals surface area contributed by atoms with Gasteiger partial charge >= 0.3 is 0 Å². The molecule has 0 aromatic carbocycles. The van der Waals surface area contributed by atoms with Crippen LogP contribution >= 0.6 is 15.9 Å². The van der Waals surface area contributed by atoms with Crippen LogP contribution in [0, 0.1) is 17.3 Å². The SMILES string of the molecule is CCc1nn(C)c(CC(C)(C)C2CCC(C)CC2=O)c1Br. The van der Waals surface area contributed by atoms with Crippen LogP contribution in [0.25, 0.3) is 0 Å². The third-order valence-corrected chi connectivity index (χ3v) is 5.87. The number of carbonyl (C=O) groups excluding carboxylic acids is 1. The highest BCUT2D eigenvalue weighted by Gasteiger charge is 2.39. The summed E-state index contributed by atoms with van der Waals surface area (Å²) in [5.41, 5.74) is 2.30. The van der Waals surface area contributed by atoms with Gasteiger partial charge in [-0.15, -0.1) is 0 Å². The number of carbonyl (C=O) groups is 1. The molecule has 0 radical (unpaired) electrons. The molecule has 1 aliphatic carbocycles. The number of ketones is 1. The van der Waals surface area contributed by atoms with Crippen molar-refractivity contribution in [2.45, 2.75) is 59.8 Å². The van der Waals surface area contributed by atoms with Gasteiger partial charge in [-0.3, -0.25) is 9.48 Å². The summed E-state index contributed by atoms with van der Waals surface area (Å²) in [5.74, 6) is 1.19. The summed E-state index contributed by atoms with van der Waals surface area (Å²) in [6.07, 6.45) is 4.77. The van der Waals surface area contributed by atoms with Crippen molar-refractivity contribution in [3.63, 3.8) is 0 Å². The Labute approximate surface area is 136 Å². The first-order valence-electron chi connectivity index (χ1n) is 7.99.